The number of carboxylic acids is 1. The number of aromatic nitrogens is 1. The second kappa shape index (κ2) is 30.6. The van der Waals surface area contributed by atoms with Crippen LogP contribution in [0.15, 0.2) is 29.6 Å². The molecule has 15 heteroatoms. The van der Waals surface area contributed by atoms with Crippen molar-refractivity contribution in [3.8, 4) is 18.1 Å². The van der Waals surface area contributed by atoms with E-state index < -0.39 is 35.4 Å². The fourth-order valence-corrected chi connectivity index (χ4v) is 6.75. The first-order chi connectivity index (χ1) is 27.8. The van der Waals surface area contributed by atoms with Crippen molar-refractivity contribution in [2.75, 3.05) is 33.8 Å². The lowest BCUT2D eigenvalue weighted by Gasteiger charge is -2.32. The van der Waals surface area contributed by atoms with Crippen molar-refractivity contribution in [3.63, 3.8) is 0 Å². The average molecular weight is 846 g/mol. The Morgan fingerprint density at radius 1 is 1.14 bits per heavy atom. The largest absolute Gasteiger partial charge is 0.508 e. The molecule has 59 heavy (non-hydrogen) atoms. The van der Waals surface area contributed by atoms with Gasteiger partial charge in [-0.1, -0.05) is 52.7 Å². The van der Waals surface area contributed by atoms with E-state index in [1.54, 1.807) is 48.6 Å². The molecule has 3 unspecified atom stereocenters. The second-order valence-electron chi connectivity index (χ2n) is 15.8. The summed E-state index contributed by atoms with van der Waals surface area (Å²) < 4.78 is 5.65. The van der Waals surface area contributed by atoms with Gasteiger partial charge >= 0.3 is 11.9 Å². The fourth-order valence-electron chi connectivity index (χ4n) is 5.91. The van der Waals surface area contributed by atoms with Crippen LogP contribution in [0, 0.1) is 29.6 Å². The number of primary amides is 1. The van der Waals surface area contributed by atoms with Gasteiger partial charge in [0.25, 0.3) is 5.91 Å². The van der Waals surface area contributed by atoms with E-state index in [1.807, 2.05) is 20.9 Å². The molecule has 5 N–H and O–H groups in total. The molecule has 1 aromatic carbocycles. The van der Waals surface area contributed by atoms with Crippen molar-refractivity contribution in [2.45, 2.75) is 131 Å². The number of thiazole rings is 1. The van der Waals surface area contributed by atoms with E-state index in [0.29, 0.717) is 36.8 Å². The Kier molecular flexibility index (Phi) is 28.4. The Labute approximate surface area is 356 Å². The number of carboxylic acid groups (broad SMARTS) is 1. The number of nitrogens with two attached hydrogens (primary N) is 1. The zero-order chi connectivity index (χ0) is 45.0. The van der Waals surface area contributed by atoms with Crippen LogP contribution in [0.2, 0.25) is 0 Å². The number of ether oxygens (including phenoxy) is 1. The number of terminal acetylenes is 1. The minimum atomic E-state index is -1.09. The summed E-state index contributed by atoms with van der Waals surface area (Å²) in [6.45, 7) is 15.9. The number of hydrogen-bond acceptors (Lipinski definition) is 12. The summed E-state index contributed by atoms with van der Waals surface area (Å²) in [7, 11) is 4.03. The number of aliphatic carboxylic acids is 1. The number of aromatic hydroxyl groups is 1. The van der Waals surface area contributed by atoms with Gasteiger partial charge in [0.05, 0.1) is 12.0 Å². The number of nitrogens with zero attached hydrogens (tertiary/aromatic N) is 3. The van der Waals surface area contributed by atoms with Crippen LogP contribution in [0.3, 0.4) is 0 Å². The van der Waals surface area contributed by atoms with E-state index in [1.165, 1.54) is 50.6 Å². The number of phenolic OH excluding ortho intramolecular Hbond substituents is 1. The zero-order valence-corrected chi connectivity index (χ0v) is 37.6. The molecule has 2 aromatic rings. The number of carbonyl (C=O) groups excluding carboxylic acids is 4. The molecule has 1 aliphatic rings. The van der Waals surface area contributed by atoms with Crippen LogP contribution in [-0.2, 0) is 35.2 Å². The lowest BCUT2D eigenvalue weighted by molar-refractivity contribution is -0.186. The van der Waals surface area contributed by atoms with E-state index in [4.69, 9.17) is 20.8 Å². The summed E-state index contributed by atoms with van der Waals surface area (Å²) in [5, 5.41) is 26.1. The number of hydrogen-bond donors (Lipinski definition) is 4. The van der Waals surface area contributed by atoms with Crippen LogP contribution >= 0.6 is 11.3 Å². The number of nitrogens with one attached hydrogen (secondary N) is 1. The van der Waals surface area contributed by atoms with Gasteiger partial charge in [-0.2, -0.15) is 5.06 Å². The minimum absolute atomic E-state index is 0.115. The van der Waals surface area contributed by atoms with Gasteiger partial charge in [0.1, 0.15) is 22.7 Å². The van der Waals surface area contributed by atoms with Gasteiger partial charge in [0, 0.05) is 50.7 Å². The van der Waals surface area contributed by atoms with Crippen molar-refractivity contribution < 1.29 is 43.8 Å². The highest BCUT2D eigenvalue weighted by Gasteiger charge is 2.33. The zero-order valence-electron chi connectivity index (χ0n) is 36.8. The summed E-state index contributed by atoms with van der Waals surface area (Å²) in [6, 6.07) is 5.91. The lowest BCUT2D eigenvalue weighted by Crippen LogP contribution is -2.41. The molecule has 0 spiro atoms. The Bertz CT molecular complexity index is 1540. The standard InChI is InChI=1S/C31H43N3O7S.C6H13N.C6H12O.CH3NO/c1-8-9-10-15-40-34(7)26(20(2)3)17-27(41-21(4)35)29-33-25(19-42-29)28(37)32-23(18-31(5,6)30(38)39)16-22-11-13-24(36)14-12-22;1-7-5-3-2-4-6-7;1-3-6(2)4-5-7;2-1-3/h1,11-14,19-20,23,26-27,36H,9-10,15-18H2,2-7H3,(H,32,37)(H,38,39);2-6H2,1H3;5-6H,3-4H2,1-2H3;1H,(H2,2,3)/t;;6-;/m..0./s1. The summed E-state index contributed by atoms with van der Waals surface area (Å²) in [6.07, 6.45) is 14.2. The number of esters is 1. The maximum absolute atomic E-state index is 13.3. The van der Waals surface area contributed by atoms with Crippen molar-refractivity contribution in [2.24, 2.45) is 23.0 Å². The van der Waals surface area contributed by atoms with E-state index in [-0.39, 0.29) is 36.2 Å². The Morgan fingerprint density at radius 3 is 2.20 bits per heavy atom. The van der Waals surface area contributed by atoms with Crippen molar-refractivity contribution >= 4 is 41.9 Å². The molecule has 0 aliphatic carbocycles. The third-order valence-electron chi connectivity index (χ3n) is 9.66. The summed E-state index contributed by atoms with van der Waals surface area (Å²) >= 11 is 1.22. The molecule has 332 valence electrons. The quantitative estimate of drug-likeness (QED) is 0.0357. The second-order valence-corrected chi connectivity index (χ2v) is 16.6. The van der Waals surface area contributed by atoms with Crippen molar-refractivity contribution in [1.82, 2.24) is 20.3 Å². The molecular formula is C44H71N5O9S. The number of amides is 2. The Hall–Kier alpha value is -4.36. The highest BCUT2D eigenvalue weighted by molar-refractivity contribution is 7.09. The number of likely N-dealkylation sites (tertiary alicyclic amines) is 1. The predicted octanol–water partition coefficient (Wildman–Crippen LogP) is 6.81. The van der Waals surface area contributed by atoms with Gasteiger partial charge in [-0.15, -0.1) is 23.7 Å². The number of benzene rings is 1. The molecule has 1 aliphatic heterocycles. The van der Waals surface area contributed by atoms with E-state index >= 15 is 0 Å². The first-order valence-electron chi connectivity index (χ1n) is 20.4. The van der Waals surface area contributed by atoms with Crippen LogP contribution in [0.1, 0.15) is 133 Å². The van der Waals surface area contributed by atoms with Crippen LogP contribution in [0.4, 0.5) is 0 Å². The van der Waals surface area contributed by atoms with Gasteiger partial charge in [0.2, 0.25) is 6.41 Å². The Morgan fingerprint density at radius 2 is 1.75 bits per heavy atom. The normalized spacial score (nSPS) is 14.6. The van der Waals surface area contributed by atoms with Crippen molar-refractivity contribution in [3.05, 3.63) is 45.9 Å². The van der Waals surface area contributed by atoms with E-state index in [9.17, 15) is 29.4 Å². The molecule has 3 rings (SSSR count). The average Bonchev–Trinajstić information content (AvgIpc) is 3.67. The molecular weight excluding hydrogens is 775 g/mol. The highest BCUT2D eigenvalue weighted by Crippen LogP contribution is 2.31. The predicted molar refractivity (Wildman–Crippen MR) is 232 cm³/mol. The number of phenols is 1. The van der Waals surface area contributed by atoms with Crippen LogP contribution in [-0.4, -0.2) is 102 Å². The third kappa shape index (κ3) is 24.4. The van der Waals surface area contributed by atoms with E-state index in [2.05, 4.69) is 47.7 Å². The van der Waals surface area contributed by atoms with Gasteiger partial charge in [0.15, 0.2) is 6.10 Å². The van der Waals surface area contributed by atoms with Gasteiger partial charge in [-0.25, -0.2) is 4.98 Å². The topological polar surface area (TPSA) is 202 Å². The van der Waals surface area contributed by atoms with Crippen molar-refractivity contribution in [1.29, 1.82) is 0 Å². The molecule has 0 bridgehead atoms. The summed E-state index contributed by atoms with van der Waals surface area (Å²) in [5.41, 5.74) is 4.05. The minimum Gasteiger partial charge on any atom is -0.508 e. The molecule has 0 saturated carbocycles. The SMILES string of the molecule is C#CCCCON(C)C(CC(OC(C)=O)c1nc(C(=O)NC(Cc2ccc(O)cc2)CC(C)(C)C(=O)O)cs1)C(C)C.CC[C@H](C)CC=O.CN1CCCCC1.NC=O. The molecule has 0 radical (unpaired) electrons. The van der Waals surface area contributed by atoms with Gasteiger partial charge in [-0.05, 0) is 95.6 Å². The molecule has 4 atom stereocenters. The monoisotopic (exact) mass is 845 g/mol. The first-order valence-corrected chi connectivity index (χ1v) is 21.2. The number of unbranched alkanes of at least 4 members (excludes halogenated alkanes) is 1. The lowest BCUT2D eigenvalue weighted by atomic mass is 9.84. The molecule has 14 nitrogen and oxygen atoms in total. The van der Waals surface area contributed by atoms with E-state index in [0.717, 1.165) is 31.1 Å². The number of piperidine rings is 1. The smallest absolute Gasteiger partial charge is 0.309 e. The molecule has 1 aromatic heterocycles. The summed E-state index contributed by atoms with van der Waals surface area (Å²) in [4.78, 5) is 68.3. The highest BCUT2D eigenvalue weighted by atomic mass is 32.1. The van der Waals surface area contributed by atoms with Crippen LogP contribution < -0.4 is 11.1 Å². The van der Waals surface area contributed by atoms with Crippen LogP contribution in [0.25, 0.3) is 0 Å². The molecule has 2 heterocycles. The fraction of sp³-hybridized carbons (Fsp3) is 0.636. The number of hydroxylamine groups is 2. The maximum Gasteiger partial charge on any atom is 0.309 e. The maximum atomic E-state index is 13.3. The Balaban J connectivity index is 0.00000163. The molecule has 2 amide bonds. The first kappa shape index (κ1) is 54.6. The number of aldehydes is 1. The van der Waals surface area contributed by atoms with Gasteiger partial charge in [-0.3, -0.25) is 24.0 Å². The van der Waals surface area contributed by atoms with Crippen LogP contribution in [0.5, 0.6) is 5.75 Å². The molecule has 1 fully saturated rings. The summed E-state index contributed by atoms with van der Waals surface area (Å²) in [5.74, 6) is 1.54. The van der Waals surface area contributed by atoms with Gasteiger partial charge < -0.3 is 35.7 Å². The molecule has 1 saturated heterocycles. The third-order valence-corrected chi connectivity index (χ3v) is 10.6. The number of rotatable bonds is 20. The number of carbonyl (C=O) groups is 5.